The minimum absolute atomic E-state index is 0.0816. The molecule has 0 spiro atoms. The maximum atomic E-state index is 10.9. The van der Waals surface area contributed by atoms with Gasteiger partial charge in [-0.1, -0.05) is 6.42 Å². The van der Waals surface area contributed by atoms with Gasteiger partial charge in [-0.15, -0.1) is 0 Å². The zero-order chi connectivity index (χ0) is 14.8. The fraction of sp³-hybridized carbons (Fsp3) is 0.500. The van der Waals surface area contributed by atoms with Gasteiger partial charge >= 0.3 is 0 Å². The number of aromatic nitrogens is 2. The summed E-state index contributed by atoms with van der Waals surface area (Å²) in [5, 5.41) is 16.3. The third-order valence-corrected chi connectivity index (χ3v) is 4.55. The number of likely N-dealkylation sites (tertiary alicyclic amines) is 1. The lowest BCUT2D eigenvalue weighted by Gasteiger charge is -2.26. The summed E-state index contributed by atoms with van der Waals surface area (Å²) in [7, 11) is 0. The molecule has 3 rings (SSSR count). The van der Waals surface area contributed by atoms with E-state index in [9.17, 15) is 10.1 Å². The summed E-state index contributed by atoms with van der Waals surface area (Å²) in [5.74, 6) is 0. The molecule has 0 amide bonds. The topological polar surface area (TPSA) is 64.2 Å². The van der Waals surface area contributed by atoms with E-state index in [0.717, 1.165) is 37.1 Å². The Balaban J connectivity index is 1.75. The predicted octanol–water partition coefficient (Wildman–Crippen LogP) is 3.19. The number of fused-ring (bicyclic) bond motifs is 1. The van der Waals surface area contributed by atoms with Crippen LogP contribution in [0.5, 0.6) is 0 Å². The molecule has 0 aliphatic carbocycles. The molecule has 0 radical (unpaired) electrons. The summed E-state index contributed by atoms with van der Waals surface area (Å²) in [6, 6.07) is 3.29. The first-order valence-electron chi connectivity index (χ1n) is 7.17. The Bertz CT molecular complexity index is 664. The lowest BCUT2D eigenvalue weighted by molar-refractivity contribution is -0.385. The monoisotopic (exact) mass is 352 g/mol. The van der Waals surface area contributed by atoms with Crippen LogP contribution in [0.1, 0.15) is 19.3 Å². The Kier molecular flexibility index (Phi) is 4.21. The molecule has 21 heavy (non-hydrogen) atoms. The van der Waals surface area contributed by atoms with E-state index in [0.29, 0.717) is 4.47 Å². The second-order valence-corrected chi connectivity index (χ2v) is 6.27. The molecular weight excluding hydrogens is 336 g/mol. The van der Waals surface area contributed by atoms with Gasteiger partial charge in [0, 0.05) is 24.2 Å². The molecular formula is C14H17BrN4O2. The molecule has 7 heteroatoms. The van der Waals surface area contributed by atoms with Crippen LogP contribution in [0.3, 0.4) is 0 Å². The Morgan fingerprint density at radius 1 is 1.24 bits per heavy atom. The number of nitro benzene ring substituents is 1. The van der Waals surface area contributed by atoms with Gasteiger partial charge in [-0.05, 0) is 47.9 Å². The van der Waals surface area contributed by atoms with Gasteiger partial charge in [-0.2, -0.15) is 5.10 Å². The van der Waals surface area contributed by atoms with Crippen molar-refractivity contribution < 1.29 is 4.92 Å². The average molecular weight is 353 g/mol. The zero-order valence-electron chi connectivity index (χ0n) is 11.7. The number of benzene rings is 1. The maximum Gasteiger partial charge on any atom is 0.284 e. The van der Waals surface area contributed by atoms with E-state index in [1.807, 2.05) is 10.9 Å². The molecule has 0 unspecified atom stereocenters. The van der Waals surface area contributed by atoms with Crippen molar-refractivity contribution in [2.24, 2.45) is 0 Å². The summed E-state index contributed by atoms with van der Waals surface area (Å²) < 4.78 is 2.36. The molecule has 0 atom stereocenters. The van der Waals surface area contributed by atoms with Crippen LogP contribution < -0.4 is 0 Å². The first kappa shape index (κ1) is 14.5. The Morgan fingerprint density at radius 2 is 2.00 bits per heavy atom. The normalized spacial score (nSPS) is 16.4. The van der Waals surface area contributed by atoms with Crippen molar-refractivity contribution in [2.75, 3.05) is 19.6 Å². The number of hydrogen-bond acceptors (Lipinski definition) is 4. The molecule has 1 saturated heterocycles. The fourth-order valence-electron chi connectivity index (χ4n) is 2.77. The zero-order valence-corrected chi connectivity index (χ0v) is 13.3. The van der Waals surface area contributed by atoms with Crippen LogP contribution in [0, 0.1) is 10.1 Å². The molecule has 0 saturated carbocycles. The summed E-state index contributed by atoms with van der Waals surface area (Å²) >= 11 is 3.23. The summed E-state index contributed by atoms with van der Waals surface area (Å²) in [4.78, 5) is 13.0. The second kappa shape index (κ2) is 6.11. The maximum absolute atomic E-state index is 10.9. The molecule has 6 nitrogen and oxygen atoms in total. The summed E-state index contributed by atoms with van der Waals surface area (Å²) in [6.45, 7) is 4.13. The van der Waals surface area contributed by atoms with Crippen molar-refractivity contribution in [1.29, 1.82) is 0 Å². The second-order valence-electron chi connectivity index (χ2n) is 5.41. The van der Waals surface area contributed by atoms with E-state index in [1.165, 1.54) is 19.3 Å². The number of hydrogen-bond donors (Lipinski definition) is 0. The minimum atomic E-state index is -0.380. The number of rotatable bonds is 4. The first-order valence-corrected chi connectivity index (χ1v) is 7.96. The van der Waals surface area contributed by atoms with Crippen molar-refractivity contribution >= 4 is 32.5 Å². The largest absolute Gasteiger partial charge is 0.301 e. The lowest BCUT2D eigenvalue weighted by Crippen LogP contribution is -2.32. The standard InChI is InChI=1S/C14H17BrN4O2/c15-12-9-13-11(8-14(12)19(20)21)10-18(16-13)7-6-17-4-2-1-3-5-17/h8-10H,1-7H2. The third kappa shape index (κ3) is 3.24. The van der Waals surface area contributed by atoms with Crippen molar-refractivity contribution in [3.63, 3.8) is 0 Å². The fourth-order valence-corrected chi connectivity index (χ4v) is 3.24. The van der Waals surface area contributed by atoms with E-state index >= 15 is 0 Å². The molecule has 2 aromatic rings. The number of piperidine rings is 1. The van der Waals surface area contributed by atoms with Crippen LogP contribution in [-0.4, -0.2) is 39.2 Å². The van der Waals surface area contributed by atoms with Crippen LogP contribution in [0.15, 0.2) is 22.8 Å². The van der Waals surface area contributed by atoms with Crippen molar-refractivity contribution in [3.05, 3.63) is 32.9 Å². The Labute approximate surface area is 131 Å². The molecule has 0 bridgehead atoms. The highest BCUT2D eigenvalue weighted by molar-refractivity contribution is 9.10. The molecule has 1 aliphatic rings. The van der Waals surface area contributed by atoms with E-state index in [-0.39, 0.29) is 10.6 Å². The van der Waals surface area contributed by atoms with Gasteiger partial charge in [0.2, 0.25) is 0 Å². The van der Waals surface area contributed by atoms with E-state index in [2.05, 4.69) is 25.9 Å². The Morgan fingerprint density at radius 3 is 2.71 bits per heavy atom. The van der Waals surface area contributed by atoms with Gasteiger partial charge in [-0.25, -0.2) is 0 Å². The average Bonchev–Trinajstić information content (AvgIpc) is 2.87. The smallest absolute Gasteiger partial charge is 0.284 e. The van der Waals surface area contributed by atoms with E-state index in [4.69, 9.17) is 0 Å². The van der Waals surface area contributed by atoms with Gasteiger partial charge in [0.05, 0.1) is 21.5 Å². The molecule has 0 N–H and O–H groups in total. The number of nitro groups is 1. The SMILES string of the molecule is O=[N+]([O-])c1cc2cn(CCN3CCCCC3)nc2cc1Br. The molecule has 1 aromatic heterocycles. The van der Waals surface area contributed by atoms with Crippen molar-refractivity contribution in [3.8, 4) is 0 Å². The highest BCUT2D eigenvalue weighted by Gasteiger charge is 2.15. The molecule has 112 valence electrons. The van der Waals surface area contributed by atoms with Gasteiger partial charge in [-0.3, -0.25) is 14.8 Å². The van der Waals surface area contributed by atoms with E-state index in [1.54, 1.807) is 12.1 Å². The number of halogens is 1. The Hall–Kier alpha value is -1.47. The van der Waals surface area contributed by atoms with Gasteiger partial charge in [0.15, 0.2) is 0 Å². The summed E-state index contributed by atoms with van der Waals surface area (Å²) in [6.07, 6.45) is 5.78. The van der Waals surface area contributed by atoms with Crippen LogP contribution in [-0.2, 0) is 6.54 Å². The minimum Gasteiger partial charge on any atom is -0.301 e. The van der Waals surface area contributed by atoms with Gasteiger partial charge in [0.25, 0.3) is 5.69 Å². The highest BCUT2D eigenvalue weighted by Crippen LogP contribution is 2.29. The molecule has 1 aliphatic heterocycles. The van der Waals surface area contributed by atoms with Crippen LogP contribution in [0.4, 0.5) is 5.69 Å². The number of nitrogens with zero attached hydrogens (tertiary/aromatic N) is 4. The van der Waals surface area contributed by atoms with E-state index < -0.39 is 0 Å². The van der Waals surface area contributed by atoms with Gasteiger partial charge in [0.1, 0.15) is 0 Å². The van der Waals surface area contributed by atoms with Crippen molar-refractivity contribution in [2.45, 2.75) is 25.8 Å². The predicted molar refractivity (Wildman–Crippen MR) is 84.4 cm³/mol. The van der Waals surface area contributed by atoms with Crippen LogP contribution in [0.25, 0.3) is 10.9 Å². The molecule has 2 heterocycles. The highest BCUT2D eigenvalue weighted by atomic mass is 79.9. The lowest BCUT2D eigenvalue weighted by atomic mass is 10.1. The molecule has 1 fully saturated rings. The third-order valence-electron chi connectivity index (χ3n) is 3.91. The first-order chi connectivity index (χ1) is 10.1. The van der Waals surface area contributed by atoms with Gasteiger partial charge < -0.3 is 4.90 Å². The quantitative estimate of drug-likeness (QED) is 0.626. The van der Waals surface area contributed by atoms with Crippen molar-refractivity contribution in [1.82, 2.24) is 14.7 Å². The molecule has 1 aromatic carbocycles. The summed E-state index contributed by atoms with van der Waals surface area (Å²) in [5.41, 5.74) is 0.865. The van der Waals surface area contributed by atoms with Crippen LogP contribution in [0.2, 0.25) is 0 Å². The van der Waals surface area contributed by atoms with Crippen LogP contribution >= 0.6 is 15.9 Å².